The maximum absolute atomic E-state index is 4.57. The zero-order chi connectivity index (χ0) is 11.2. The minimum Gasteiger partial charge on any atom is -0.229 e. The molecule has 4 rings (SSSR count). The summed E-state index contributed by atoms with van der Waals surface area (Å²) in [4.78, 5) is 9.08. The van der Waals surface area contributed by atoms with Crippen molar-refractivity contribution in [2.24, 2.45) is 0 Å². The third-order valence-corrected chi connectivity index (χ3v) is 4.38. The van der Waals surface area contributed by atoms with Gasteiger partial charge in [0, 0.05) is 10.9 Å². The van der Waals surface area contributed by atoms with Gasteiger partial charge in [0.15, 0.2) is 0 Å². The molecule has 0 bridgehead atoms. The number of rotatable bonds is 1. The number of nitrogens with zero attached hydrogens (tertiary/aromatic N) is 3. The van der Waals surface area contributed by atoms with Crippen molar-refractivity contribution in [2.45, 2.75) is 0 Å². The van der Waals surface area contributed by atoms with Crippen LogP contribution in [0.4, 0.5) is 0 Å². The molecule has 0 N–H and O–H groups in total. The van der Waals surface area contributed by atoms with Crippen molar-refractivity contribution in [2.75, 3.05) is 0 Å². The topological polar surface area (TPSA) is 30.2 Å². The minimum absolute atomic E-state index is 0.789. The normalized spacial score (nSPS) is 11.5. The molecule has 0 radical (unpaired) electrons. The van der Waals surface area contributed by atoms with E-state index in [-0.39, 0.29) is 0 Å². The average molecular weight is 257 g/mol. The van der Waals surface area contributed by atoms with Crippen LogP contribution in [-0.2, 0) is 0 Å². The van der Waals surface area contributed by atoms with Gasteiger partial charge in [-0.25, -0.2) is 8.77 Å². The summed E-state index contributed by atoms with van der Waals surface area (Å²) >= 11 is 3.33. The molecule has 0 aliphatic carbocycles. The van der Waals surface area contributed by atoms with Crippen LogP contribution in [0.2, 0.25) is 0 Å². The predicted octanol–water partition coefficient (Wildman–Crippen LogP) is 3.67. The molecule has 0 aliphatic heterocycles. The number of hydrogen-bond acceptors (Lipinski definition) is 4. The maximum atomic E-state index is 4.57. The highest BCUT2D eigenvalue weighted by molar-refractivity contribution is 7.11. The van der Waals surface area contributed by atoms with Gasteiger partial charge in [0.1, 0.15) is 5.01 Å². The zero-order valence-electron chi connectivity index (χ0n) is 8.70. The molecule has 1 aromatic carbocycles. The lowest BCUT2D eigenvalue weighted by Gasteiger charge is -1.88. The molecule has 0 saturated carbocycles. The van der Waals surface area contributed by atoms with Crippen LogP contribution in [0, 0.1) is 0 Å². The van der Waals surface area contributed by atoms with E-state index in [2.05, 4.69) is 36.7 Å². The molecular formula is C12H7N3S2. The molecule has 0 atom stereocenters. The van der Waals surface area contributed by atoms with E-state index in [0.29, 0.717) is 0 Å². The fraction of sp³-hybridized carbons (Fsp3) is 0. The van der Waals surface area contributed by atoms with Gasteiger partial charge in [-0.1, -0.05) is 12.1 Å². The summed E-state index contributed by atoms with van der Waals surface area (Å²) in [6.07, 6.45) is 0. The Kier molecular flexibility index (Phi) is 1.86. The van der Waals surface area contributed by atoms with Gasteiger partial charge >= 0.3 is 0 Å². The monoisotopic (exact) mass is 257 g/mol. The lowest BCUT2D eigenvalue weighted by molar-refractivity contribution is 1.30. The average Bonchev–Trinajstić information content (AvgIpc) is 3.03. The zero-order valence-corrected chi connectivity index (χ0v) is 10.3. The Morgan fingerprint density at radius 2 is 2.00 bits per heavy atom. The molecule has 82 valence electrons. The smallest absolute Gasteiger partial charge is 0.229 e. The molecule has 0 amide bonds. The summed E-state index contributed by atoms with van der Waals surface area (Å²) in [6.45, 7) is 0. The number of fused-ring (bicyclic) bond motifs is 3. The van der Waals surface area contributed by atoms with Gasteiger partial charge in [-0.15, -0.1) is 0 Å². The van der Waals surface area contributed by atoms with Crippen molar-refractivity contribution < 1.29 is 0 Å². The van der Waals surface area contributed by atoms with Crippen LogP contribution in [0.15, 0.2) is 41.1 Å². The summed E-state index contributed by atoms with van der Waals surface area (Å²) in [7, 11) is 0. The van der Waals surface area contributed by atoms with E-state index in [4.69, 9.17) is 0 Å². The molecule has 0 fully saturated rings. The number of thiophene rings is 1. The van der Waals surface area contributed by atoms with Crippen molar-refractivity contribution >= 4 is 39.7 Å². The highest BCUT2D eigenvalue weighted by atomic mass is 32.1. The number of benzene rings is 1. The second-order valence-electron chi connectivity index (χ2n) is 3.72. The van der Waals surface area contributed by atoms with E-state index in [1.165, 1.54) is 5.56 Å². The second-order valence-corrected chi connectivity index (χ2v) is 5.43. The SMILES string of the molecule is c1ccc2c(c1)nc1nc(-c3ccsc3)sn12. The fourth-order valence-electron chi connectivity index (χ4n) is 1.85. The molecule has 17 heavy (non-hydrogen) atoms. The summed E-state index contributed by atoms with van der Waals surface area (Å²) in [5.41, 5.74) is 3.30. The Morgan fingerprint density at radius 1 is 1.06 bits per heavy atom. The molecule has 0 saturated heterocycles. The standard InChI is InChI=1S/C12H7N3S2/c1-2-4-10-9(3-1)13-12-14-11(17-15(10)12)8-5-6-16-7-8/h1-7H. The lowest BCUT2D eigenvalue weighted by Crippen LogP contribution is -1.72. The molecule has 5 heteroatoms. The van der Waals surface area contributed by atoms with E-state index in [9.17, 15) is 0 Å². The van der Waals surface area contributed by atoms with Crippen LogP contribution in [0.3, 0.4) is 0 Å². The highest BCUT2D eigenvalue weighted by Gasteiger charge is 2.11. The molecule has 0 spiro atoms. The third kappa shape index (κ3) is 1.33. The molecular weight excluding hydrogens is 250 g/mol. The van der Waals surface area contributed by atoms with Crippen LogP contribution in [-0.4, -0.2) is 13.8 Å². The molecule has 0 aliphatic rings. The van der Waals surface area contributed by atoms with E-state index in [1.54, 1.807) is 22.9 Å². The Balaban J connectivity index is 2.05. The Bertz CT molecular complexity index is 796. The van der Waals surface area contributed by atoms with Crippen molar-refractivity contribution in [3.63, 3.8) is 0 Å². The van der Waals surface area contributed by atoms with Gasteiger partial charge < -0.3 is 0 Å². The minimum atomic E-state index is 0.789. The van der Waals surface area contributed by atoms with Gasteiger partial charge in [-0.2, -0.15) is 16.3 Å². The second kappa shape index (κ2) is 3.38. The summed E-state index contributed by atoms with van der Waals surface area (Å²) in [5.74, 6) is 0.789. The van der Waals surface area contributed by atoms with Crippen molar-refractivity contribution in [3.8, 4) is 10.6 Å². The summed E-state index contributed by atoms with van der Waals surface area (Å²) in [5, 5.41) is 5.21. The van der Waals surface area contributed by atoms with Crippen molar-refractivity contribution in [1.29, 1.82) is 0 Å². The number of imidazole rings is 1. The van der Waals surface area contributed by atoms with Gasteiger partial charge in [-0.3, -0.25) is 0 Å². The van der Waals surface area contributed by atoms with Crippen LogP contribution in [0.25, 0.3) is 27.4 Å². The quantitative estimate of drug-likeness (QED) is 0.521. The predicted molar refractivity (Wildman–Crippen MR) is 71.7 cm³/mol. The van der Waals surface area contributed by atoms with Crippen LogP contribution >= 0.6 is 22.9 Å². The molecule has 0 unspecified atom stereocenters. The third-order valence-electron chi connectivity index (χ3n) is 2.65. The van der Waals surface area contributed by atoms with Gasteiger partial charge in [0.25, 0.3) is 0 Å². The maximum Gasteiger partial charge on any atom is 0.246 e. The van der Waals surface area contributed by atoms with Gasteiger partial charge in [-0.05, 0) is 35.1 Å². The van der Waals surface area contributed by atoms with E-state index in [1.807, 2.05) is 18.2 Å². The number of hydrogen-bond donors (Lipinski definition) is 0. The van der Waals surface area contributed by atoms with E-state index >= 15 is 0 Å². The first-order valence-corrected chi connectivity index (χ1v) is 6.90. The lowest BCUT2D eigenvalue weighted by atomic mass is 10.3. The largest absolute Gasteiger partial charge is 0.246 e. The van der Waals surface area contributed by atoms with E-state index < -0.39 is 0 Å². The van der Waals surface area contributed by atoms with E-state index in [0.717, 1.165) is 21.8 Å². The first kappa shape index (κ1) is 9.32. The Labute approximate surface area is 105 Å². The summed E-state index contributed by atoms with van der Waals surface area (Å²) in [6, 6.07) is 10.2. The Morgan fingerprint density at radius 3 is 2.88 bits per heavy atom. The first-order valence-electron chi connectivity index (χ1n) is 5.19. The molecule has 4 aromatic rings. The molecule has 3 aromatic heterocycles. The summed E-state index contributed by atoms with van der Waals surface area (Å²) < 4.78 is 2.09. The molecule has 3 nitrogen and oxygen atoms in total. The fourth-order valence-corrected chi connectivity index (χ4v) is 3.51. The van der Waals surface area contributed by atoms with Crippen LogP contribution < -0.4 is 0 Å². The number of aromatic nitrogens is 3. The van der Waals surface area contributed by atoms with Gasteiger partial charge in [0.05, 0.1) is 11.0 Å². The van der Waals surface area contributed by atoms with Gasteiger partial charge in [0.2, 0.25) is 5.78 Å². The first-order chi connectivity index (χ1) is 8.42. The number of para-hydroxylation sites is 2. The van der Waals surface area contributed by atoms with Crippen molar-refractivity contribution in [3.05, 3.63) is 41.1 Å². The Hall–Kier alpha value is -1.72. The van der Waals surface area contributed by atoms with Crippen molar-refractivity contribution in [1.82, 2.24) is 13.8 Å². The van der Waals surface area contributed by atoms with Crippen LogP contribution in [0.1, 0.15) is 0 Å². The molecule has 3 heterocycles. The highest BCUT2D eigenvalue weighted by Crippen LogP contribution is 2.28. The van der Waals surface area contributed by atoms with Crippen LogP contribution in [0.5, 0.6) is 0 Å².